The molecule has 0 saturated carbocycles. The molecule has 4 nitrogen and oxygen atoms in total. The van der Waals surface area contributed by atoms with Gasteiger partial charge in [0.05, 0.1) is 5.75 Å². The van der Waals surface area contributed by atoms with E-state index in [9.17, 15) is 4.79 Å². The fourth-order valence-electron chi connectivity index (χ4n) is 2.17. The Balaban J connectivity index is 1.96. The van der Waals surface area contributed by atoms with E-state index in [1.54, 1.807) is 18.0 Å². The highest BCUT2D eigenvalue weighted by Crippen LogP contribution is 2.25. The van der Waals surface area contributed by atoms with Crippen LogP contribution >= 0.6 is 11.8 Å². The minimum absolute atomic E-state index is 0.261. The molecule has 1 aliphatic heterocycles. The van der Waals surface area contributed by atoms with Crippen molar-refractivity contribution in [1.29, 1.82) is 0 Å². The van der Waals surface area contributed by atoms with Crippen LogP contribution in [0.5, 0.6) is 0 Å². The van der Waals surface area contributed by atoms with Crippen molar-refractivity contribution in [2.24, 2.45) is 0 Å². The van der Waals surface area contributed by atoms with Gasteiger partial charge in [-0.3, -0.25) is 9.89 Å². The molecule has 0 aromatic carbocycles. The number of nitrogens with one attached hydrogen (secondary N) is 1. The fourth-order valence-corrected chi connectivity index (χ4v) is 2.60. The third-order valence-corrected chi connectivity index (χ3v) is 3.54. The van der Waals surface area contributed by atoms with Crippen LogP contribution in [0, 0.1) is 0 Å². The number of carbonyl (C=O) groups is 1. The molecule has 1 aromatic heterocycles. The molecular formula is C11H17N3OS. The van der Waals surface area contributed by atoms with Crippen LogP contribution in [0.4, 0.5) is 0 Å². The molecule has 5 heteroatoms. The van der Waals surface area contributed by atoms with E-state index in [2.05, 4.69) is 10.2 Å². The second-order valence-corrected chi connectivity index (χ2v) is 4.99. The van der Waals surface area contributed by atoms with Crippen molar-refractivity contribution in [2.45, 2.75) is 18.8 Å². The summed E-state index contributed by atoms with van der Waals surface area (Å²) in [4.78, 5) is 13.8. The number of thioether (sulfide) groups is 1. The number of hydrogen-bond donors (Lipinski definition) is 1. The molecule has 16 heavy (non-hydrogen) atoms. The molecule has 1 aromatic rings. The second kappa shape index (κ2) is 5.39. The van der Waals surface area contributed by atoms with Gasteiger partial charge >= 0.3 is 0 Å². The lowest BCUT2D eigenvalue weighted by atomic mass is 9.95. The average Bonchev–Trinajstić information content (AvgIpc) is 2.83. The number of rotatable bonds is 3. The third kappa shape index (κ3) is 2.58. The highest BCUT2D eigenvalue weighted by atomic mass is 32.2. The summed E-state index contributed by atoms with van der Waals surface area (Å²) in [7, 11) is 0. The van der Waals surface area contributed by atoms with Crippen LogP contribution in [0.25, 0.3) is 0 Å². The number of piperidine rings is 1. The lowest BCUT2D eigenvalue weighted by Gasteiger charge is -2.32. The second-order valence-electron chi connectivity index (χ2n) is 4.12. The van der Waals surface area contributed by atoms with Crippen molar-refractivity contribution < 1.29 is 4.79 Å². The summed E-state index contributed by atoms with van der Waals surface area (Å²) in [6.07, 6.45) is 5.97. The van der Waals surface area contributed by atoms with E-state index < -0.39 is 0 Å². The van der Waals surface area contributed by atoms with Gasteiger partial charge in [0.1, 0.15) is 0 Å². The molecule has 0 aliphatic carbocycles. The normalized spacial score (nSPS) is 21.1. The molecule has 1 atom stereocenters. The van der Waals surface area contributed by atoms with Gasteiger partial charge in [0.25, 0.3) is 0 Å². The van der Waals surface area contributed by atoms with Crippen LogP contribution in [0.3, 0.4) is 0 Å². The number of hydrogen-bond acceptors (Lipinski definition) is 3. The molecule has 1 amide bonds. The maximum Gasteiger partial charge on any atom is 0.232 e. The Kier molecular flexibility index (Phi) is 3.88. The number of aromatic amines is 1. The number of nitrogens with zero attached hydrogens (tertiary/aromatic N) is 2. The smallest absolute Gasteiger partial charge is 0.232 e. The highest BCUT2D eigenvalue weighted by Gasteiger charge is 2.24. The molecule has 0 spiro atoms. The van der Waals surface area contributed by atoms with Crippen LogP contribution in [0.2, 0.25) is 0 Å². The molecule has 0 radical (unpaired) electrons. The number of likely N-dealkylation sites (tertiary alicyclic amines) is 1. The fraction of sp³-hybridized carbons (Fsp3) is 0.636. The lowest BCUT2D eigenvalue weighted by Crippen LogP contribution is -2.40. The monoisotopic (exact) mass is 239 g/mol. The van der Waals surface area contributed by atoms with Gasteiger partial charge < -0.3 is 4.90 Å². The zero-order chi connectivity index (χ0) is 11.4. The Hall–Kier alpha value is -0.970. The Bertz CT molecular complexity index is 339. The number of aromatic nitrogens is 2. The topological polar surface area (TPSA) is 49.0 Å². The first-order chi connectivity index (χ1) is 7.81. The largest absolute Gasteiger partial charge is 0.341 e. The summed E-state index contributed by atoms with van der Waals surface area (Å²) in [6.45, 7) is 1.74. The van der Waals surface area contributed by atoms with E-state index >= 15 is 0 Å². The molecule has 1 N–H and O–H groups in total. The van der Waals surface area contributed by atoms with E-state index in [1.807, 2.05) is 17.2 Å². The van der Waals surface area contributed by atoms with Gasteiger partial charge in [-0.15, -0.1) is 0 Å². The summed E-state index contributed by atoms with van der Waals surface area (Å²) in [5.41, 5.74) is 1.15. The standard InChI is InChI=1S/C11H17N3OS/c1-16-8-11(15)14-6-2-3-9(7-14)10-4-5-12-13-10/h4-5,9H,2-3,6-8H2,1H3,(H,12,13)/t9-/m1/s1. The van der Waals surface area contributed by atoms with E-state index in [0.29, 0.717) is 11.7 Å². The van der Waals surface area contributed by atoms with Gasteiger partial charge in [-0.25, -0.2) is 0 Å². The van der Waals surface area contributed by atoms with Crippen LogP contribution in [0.1, 0.15) is 24.5 Å². The summed E-state index contributed by atoms with van der Waals surface area (Å²) >= 11 is 1.59. The molecule has 1 saturated heterocycles. The maximum absolute atomic E-state index is 11.8. The molecular weight excluding hydrogens is 222 g/mol. The Morgan fingerprint density at radius 3 is 3.31 bits per heavy atom. The summed E-state index contributed by atoms with van der Waals surface area (Å²) in [5, 5.41) is 6.98. The van der Waals surface area contributed by atoms with Crippen LogP contribution in [0.15, 0.2) is 12.3 Å². The van der Waals surface area contributed by atoms with Gasteiger partial charge in [-0.2, -0.15) is 16.9 Å². The van der Waals surface area contributed by atoms with Crippen LogP contribution in [-0.2, 0) is 4.79 Å². The predicted molar refractivity (Wildman–Crippen MR) is 65.5 cm³/mol. The minimum atomic E-state index is 0.261. The third-order valence-electron chi connectivity index (χ3n) is 3.00. The van der Waals surface area contributed by atoms with Crippen molar-refractivity contribution in [3.8, 4) is 0 Å². The molecule has 0 bridgehead atoms. The molecule has 2 rings (SSSR count). The molecule has 1 fully saturated rings. The SMILES string of the molecule is CSCC(=O)N1CCC[C@@H](c2ccn[nH]2)C1. The van der Waals surface area contributed by atoms with Gasteiger partial charge in [-0.05, 0) is 25.2 Å². The first-order valence-electron chi connectivity index (χ1n) is 5.57. The zero-order valence-electron chi connectivity index (χ0n) is 9.48. The van der Waals surface area contributed by atoms with Gasteiger partial charge in [0.15, 0.2) is 0 Å². The van der Waals surface area contributed by atoms with E-state index in [1.165, 1.54) is 0 Å². The summed E-state index contributed by atoms with van der Waals surface area (Å²) < 4.78 is 0. The summed E-state index contributed by atoms with van der Waals surface area (Å²) in [6, 6.07) is 2.01. The van der Waals surface area contributed by atoms with Crippen molar-refractivity contribution in [1.82, 2.24) is 15.1 Å². The van der Waals surface area contributed by atoms with Gasteiger partial charge in [0.2, 0.25) is 5.91 Å². The predicted octanol–water partition coefficient (Wildman–Crippen LogP) is 1.48. The number of H-pyrrole nitrogens is 1. The van der Waals surface area contributed by atoms with Crippen molar-refractivity contribution in [3.63, 3.8) is 0 Å². The first kappa shape index (κ1) is 11.5. The van der Waals surface area contributed by atoms with Crippen LogP contribution < -0.4 is 0 Å². The number of carbonyl (C=O) groups excluding carboxylic acids is 1. The minimum Gasteiger partial charge on any atom is -0.341 e. The van der Waals surface area contributed by atoms with E-state index in [-0.39, 0.29) is 5.91 Å². The van der Waals surface area contributed by atoms with Crippen molar-refractivity contribution in [3.05, 3.63) is 18.0 Å². The molecule has 2 heterocycles. The number of amides is 1. The van der Waals surface area contributed by atoms with Gasteiger partial charge in [0, 0.05) is 30.9 Å². The molecule has 1 aliphatic rings. The van der Waals surface area contributed by atoms with Crippen molar-refractivity contribution >= 4 is 17.7 Å². The van der Waals surface area contributed by atoms with E-state index in [4.69, 9.17) is 0 Å². The Labute approximate surface area is 99.8 Å². The lowest BCUT2D eigenvalue weighted by molar-refractivity contribution is -0.129. The van der Waals surface area contributed by atoms with E-state index in [0.717, 1.165) is 31.6 Å². The first-order valence-corrected chi connectivity index (χ1v) is 6.96. The average molecular weight is 239 g/mol. The van der Waals surface area contributed by atoms with Gasteiger partial charge in [-0.1, -0.05) is 0 Å². The quantitative estimate of drug-likeness (QED) is 0.869. The Morgan fingerprint density at radius 2 is 2.62 bits per heavy atom. The zero-order valence-corrected chi connectivity index (χ0v) is 10.3. The highest BCUT2D eigenvalue weighted by molar-refractivity contribution is 7.99. The molecule has 88 valence electrons. The Morgan fingerprint density at radius 1 is 1.75 bits per heavy atom. The van der Waals surface area contributed by atoms with Crippen molar-refractivity contribution in [2.75, 3.05) is 25.1 Å². The maximum atomic E-state index is 11.8. The summed E-state index contributed by atoms with van der Waals surface area (Å²) in [5.74, 6) is 1.29. The van der Waals surface area contributed by atoms with Crippen LogP contribution in [-0.4, -0.2) is 46.1 Å². The molecule has 0 unspecified atom stereocenters.